The van der Waals surface area contributed by atoms with Crippen molar-refractivity contribution in [2.45, 2.75) is 58.2 Å². The van der Waals surface area contributed by atoms with Crippen molar-refractivity contribution >= 4 is 50.0 Å². The van der Waals surface area contributed by atoms with Crippen LogP contribution in [-0.2, 0) is 16.6 Å². The van der Waals surface area contributed by atoms with E-state index in [9.17, 15) is 9.90 Å². The molecule has 42 heavy (non-hydrogen) atoms. The van der Waals surface area contributed by atoms with Gasteiger partial charge in [0.05, 0.1) is 27.0 Å². The van der Waals surface area contributed by atoms with Gasteiger partial charge in [-0.3, -0.25) is 4.68 Å². The van der Waals surface area contributed by atoms with Gasteiger partial charge in [-0.1, -0.05) is 23.7 Å². The number of aromatic nitrogens is 3. The van der Waals surface area contributed by atoms with Crippen LogP contribution in [0.15, 0.2) is 48.5 Å². The molecule has 1 aliphatic rings. The second-order valence-corrected chi connectivity index (χ2v) is 13.5. The Morgan fingerprint density at radius 1 is 1.12 bits per heavy atom. The van der Waals surface area contributed by atoms with Crippen LogP contribution in [0, 0.1) is 6.92 Å². The molecule has 1 aliphatic heterocycles. The molecule has 5 aromatic rings. The van der Waals surface area contributed by atoms with Crippen LogP contribution < -0.4 is 5.32 Å². The maximum Gasteiger partial charge on any atom is 0.337 e. The highest BCUT2D eigenvalue weighted by Gasteiger charge is 2.32. The van der Waals surface area contributed by atoms with E-state index < -0.39 is 17.7 Å². The molecule has 0 unspecified atom stereocenters. The number of nitrogens with zero attached hydrogens (tertiary/aromatic N) is 3. The minimum atomic E-state index is -1.15. The zero-order valence-corrected chi connectivity index (χ0v) is 26.1. The number of aliphatic carboxylic acids is 1. The average molecular weight is 603 g/mol. The molecular formula is C33H35ClN4O3S. The fourth-order valence-corrected chi connectivity index (χ4v) is 7.23. The standard InChI is InChI=1S/C33H35ClN4O3S/c1-18-16-24-30(27(19-6-9-22(34)10-7-19)26(18)29(32(39)40)41-33(2,3)4)42-31(36-24)21-8-11-25-23(17-21)28(37-38(25)5)20-12-14-35-15-13-20/h6-11,16-17,20,29,35H,12-15H2,1-5H3,(H,39,40)/t29-/m0/s1. The van der Waals surface area contributed by atoms with E-state index in [2.05, 4.69) is 23.5 Å². The topological polar surface area (TPSA) is 89.3 Å². The summed E-state index contributed by atoms with van der Waals surface area (Å²) in [6.07, 6.45) is 1.00. The lowest BCUT2D eigenvalue weighted by Gasteiger charge is -2.28. The van der Waals surface area contributed by atoms with Gasteiger partial charge in [-0.05, 0) is 101 Å². The lowest BCUT2D eigenvalue weighted by molar-refractivity contribution is -0.160. The molecule has 2 N–H and O–H groups in total. The van der Waals surface area contributed by atoms with Crippen LogP contribution >= 0.6 is 22.9 Å². The van der Waals surface area contributed by atoms with Crippen molar-refractivity contribution in [2.24, 2.45) is 7.05 Å². The van der Waals surface area contributed by atoms with Gasteiger partial charge in [-0.25, -0.2) is 9.78 Å². The van der Waals surface area contributed by atoms with Crippen LogP contribution in [0.5, 0.6) is 0 Å². The maximum absolute atomic E-state index is 12.6. The van der Waals surface area contributed by atoms with E-state index in [-0.39, 0.29) is 0 Å². The van der Waals surface area contributed by atoms with Crippen LogP contribution in [0.2, 0.25) is 5.02 Å². The highest BCUT2D eigenvalue weighted by atomic mass is 35.5. The van der Waals surface area contributed by atoms with E-state index in [0.29, 0.717) is 16.5 Å². The zero-order chi connectivity index (χ0) is 29.8. The first-order valence-electron chi connectivity index (χ1n) is 14.3. The van der Waals surface area contributed by atoms with Crippen molar-refractivity contribution in [1.29, 1.82) is 0 Å². The minimum Gasteiger partial charge on any atom is -0.479 e. The quantitative estimate of drug-likeness (QED) is 0.205. The van der Waals surface area contributed by atoms with Crippen molar-refractivity contribution < 1.29 is 14.6 Å². The minimum absolute atomic E-state index is 0.429. The maximum atomic E-state index is 12.6. The first-order valence-corrected chi connectivity index (χ1v) is 15.5. The van der Waals surface area contributed by atoms with Crippen molar-refractivity contribution in [3.05, 3.63) is 70.4 Å². The van der Waals surface area contributed by atoms with Gasteiger partial charge in [0.1, 0.15) is 5.01 Å². The van der Waals surface area contributed by atoms with Crippen LogP contribution in [0.25, 0.3) is 42.8 Å². The van der Waals surface area contributed by atoms with E-state index >= 15 is 0 Å². The third kappa shape index (κ3) is 5.44. The molecule has 0 amide bonds. The van der Waals surface area contributed by atoms with E-state index in [4.69, 9.17) is 26.4 Å². The Hall–Kier alpha value is -3.30. The Labute approximate surface area is 254 Å². The Morgan fingerprint density at radius 2 is 1.81 bits per heavy atom. The van der Waals surface area contributed by atoms with Gasteiger partial charge in [0.25, 0.3) is 0 Å². The van der Waals surface area contributed by atoms with Gasteiger partial charge < -0.3 is 15.2 Å². The van der Waals surface area contributed by atoms with Crippen LogP contribution in [-0.4, -0.2) is 44.5 Å². The number of fused-ring (bicyclic) bond motifs is 2. The van der Waals surface area contributed by atoms with Crippen molar-refractivity contribution in [1.82, 2.24) is 20.1 Å². The molecular weight excluding hydrogens is 568 g/mol. The van der Waals surface area contributed by atoms with Gasteiger partial charge in [0, 0.05) is 40.1 Å². The molecule has 0 aliphatic carbocycles. The first kappa shape index (κ1) is 28.8. The highest BCUT2D eigenvalue weighted by molar-refractivity contribution is 7.22. The molecule has 0 bridgehead atoms. The molecule has 1 atom stereocenters. The molecule has 1 saturated heterocycles. The van der Waals surface area contributed by atoms with Crippen molar-refractivity contribution in [3.8, 4) is 21.7 Å². The number of halogens is 1. The number of piperidine rings is 1. The lowest BCUT2D eigenvalue weighted by Crippen LogP contribution is -2.28. The molecule has 0 spiro atoms. The highest BCUT2D eigenvalue weighted by Crippen LogP contribution is 2.45. The summed E-state index contributed by atoms with van der Waals surface area (Å²) in [5.41, 5.74) is 6.59. The van der Waals surface area contributed by atoms with Gasteiger partial charge >= 0.3 is 5.97 Å². The zero-order valence-electron chi connectivity index (χ0n) is 24.5. The third-order valence-corrected chi connectivity index (χ3v) is 9.26. The number of carbonyl (C=O) groups is 1. The molecule has 3 aromatic carbocycles. The van der Waals surface area contributed by atoms with Crippen LogP contribution in [0.4, 0.5) is 0 Å². The monoisotopic (exact) mass is 602 g/mol. The molecule has 0 radical (unpaired) electrons. The SMILES string of the molecule is Cc1cc2nc(-c3ccc4c(c3)c(C3CCNCC3)nn4C)sc2c(-c2ccc(Cl)cc2)c1[C@H](OC(C)(C)C)C(=O)O. The van der Waals surface area contributed by atoms with Crippen LogP contribution in [0.3, 0.4) is 0 Å². The number of carboxylic acids is 1. The average Bonchev–Trinajstić information content (AvgIpc) is 3.52. The predicted molar refractivity (Wildman–Crippen MR) is 171 cm³/mol. The summed E-state index contributed by atoms with van der Waals surface area (Å²) < 4.78 is 9.05. The molecule has 3 heterocycles. The lowest BCUT2D eigenvalue weighted by atomic mass is 9.91. The number of hydrogen-bond acceptors (Lipinski definition) is 6. The number of ether oxygens (including phenoxy) is 1. The Bertz CT molecular complexity index is 1800. The summed E-state index contributed by atoms with van der Waals surface area (Å²) in [4.78, 5) is 17.7. The summed E-state index contributed by atoms with van der Waals surface area (Å²) in [5, 5.41) is 21.4. The number of carboxylic acid groups (broad SMARTS) is 1. The van der Waals surface area contributed by atoms with Crippen molar-refractivity contribution in [3.63, 3.8) is 0 Å². The van der Waals surface area contributed by atoms with E-state index in [1.165, 1.54) is 5.39 Å². The van der Waals surface area contributed by atoms with Crippen LogP contribution in [0.1, 0.15) is 62.5 Å². The molecule has 1 fully saturated rings. The molecule has 6 rings (SSSR count). The molecule has 2 aromatic heterocycles. The summed E-state index contributed by atoms with van der Waals surface area (Å²) in [7, 11) is 2.01. The van der Waals surface area contributed by atoms with Crippen molar-refractivity contribution in [2.75, 3.05) is 13.1 Å². The second-order valence-electron chi connectivity index (χ2n) is 12.1. The molecule has 7 nitrogen and oxygen atoms in total. The first-order chi connectivity index (χ1) is 20.0. The van der Waals surface area contributed by atoms with Gasteiger partial charge in [-0.15, -0.1) is 11.3 Å². The summed E-state index contributed by atoms with van der Waals surface area (Å²) >= 11 is 7.83. The number of thiazole rings is 1. The fraction of sp³-hybridized carbons (Fsp3) is 0.364. The summed E-state index contributed by atoms with van der Waals surface area (Å²) in [6, 6.07) is 16.0. The van der Waals surface area contributed by atoms with Gasteiger partial charge in [0.2, 0.25) is 0 Å². The summed E-state index contributed by atoms with van der Waals surface area (Å²) in [5.74, 6) is -0.599. The Balaban J connectivity index is 1.55. The van der Waals surface area contributed by atoms with E-state index in [0.717, 1.165) is 74.6 Å². The second kappa shape index (κ2) is 11.1. The fourth-order valence-electron chi connectivity index (χ4n) is 5.98. The summed E-state index contributed by atoms with van der Waals surface area (Å²) in [6.45, 7) is 9.56. The predicted octanol–water partition coefficient (Wildman–Crippen LogP) is 7.89. The smallest absolute Gasteiger partial charge is 0.337 e. The van der Waals surface area contributed by atoms with E-state index in [1.54, 1.807) is 11.3 Å². The third-order valence-electron chi connectivity index (χ3n) is 7.87. The Kier molecular flexibility index (Phi) is 7.60. The van der Waals surface area contributed by atoms with Gasteiger partial charge in [0.15, 0.2) is 6.10 Å². The molecule has 9 heteroatoms. The number of hydrogen-bond donors (Lipinski definition) is 2. The normalized spacial score (nSPS) is 15.5. The van der Waals surface area contributed by atoms with E-state index in [1.807, 2.05) is 69.8 Å². The molecule has 0 saturated carbocycles. The Morgan fingerprint density at radius 3 is 2.48 bits per heavy atom. The largest absolute Gasteiger partial charge is 0.479 e. The number of benzene rings is 3. The molecule has 218 valence electrons. The number of nitrogens with one attached hydrogen (secondary N) is 1. The number of aryl methyl sites for hydroxylation is 2. The van der Waals surface area contributed by atoms with Gasteiger partial charge in [-0.2, -0.15) is 5.10 Å². The number of rotatable bonds is 6.